The van der Waals surface area contributed by atoms with Gasteiger partial charge < -0.3 is 25.9 Å². The van der Waals surface area contributed by atoms with Crippen molar-refractivity contribution in [3.05, 3.63) is 0 Å². The molecule has 0 unspecified atom stereocenters. The third kappa shape index (κ3) is 4.79. The Morgan fingerprint density at radius 2 is 2.22 bits per heavy atom. The molecule has 1 fully saturated rings. The standard InChI is InChI=1S/C11H22N4O3/c1-2-18-11(16)15-7-4-9(5-8-15)13-6-3-10(12)14-17/h9,13,17H,2-8H2,1H3,(H2,12,14). The number of amidine groups is 1. The fourth-order valence-corrected chi connectivity index (χ4v) is 1.94. The number of hydrogen-bond donors (Lipinski definition) is 3. The highest BCUT2D eigenvalue weighted by molar-refractivity contribution is 5.79. The molecule has 18 heavy (non-hydrogen) atoms. The van der Waals surface area contributed by atoms with Crippen molar-refractivity contribution < 1.29 is 14.7 Å². The zero-order valence-corrected chi connectivity index (χ0v) is 10.8. The maximum absolute atomic E-state index is 11.5. The number of amides is 1. The summed E-state index contributed by atoms with van der Waals surface area (Å²) in [4.78, 5) is 13.2. The lowest BCUT2D eigenvalue weighted by atomic mass is 10.1. The average molecular weight is 258 g/mol. The molecule has 7 heteroatoms. The van der Waals surface area contributed by atoms with E-state index >= 15 is 0 Å². The van der Waals surface area contributed by atoms with Crippen LogP contribution >= 0.6 is 0 Å². The predicted octanol–water partition coefficient (Wildman–Crippen LogP) is 0.333. The lowest BCUT2D eigenvalue weighted by molar-refractivity contribution is 0.0952. The number of oxime groups is 1. The van der Waals surface area contributed by atoms with E-state index in [0.29, 0.717) is 38.7 Å². The van der Waals surface area contributed by atoms with Crippen molar-refractivity contribution in [3.8, 4) is 0 Å². The van der Waals surface area contributed by atoms with Crippen molar-refractivity contribution in [2.75, 3.05) is 26.2 Å². The second-order valence-corrected chi connectivity index (χ2v) is 4.26. The molecule has 0 aromatic heterocycles. The van der Waals surface area contributed by atoms with E-state index < -0.39 is 0 Å². The van der Waals surface area contributed by atoms with Crippen LogP contribution < -0.4 is 11.1 Å². The van der Waals surface area contributed by atoms with Crippen molar-refractivity contribution in [1.29, 1.82) is 0 Å². The molecule has 0 atom stereocenters. The van der Waals surface area contributed by atoms with E-state index in [1.807, 2.05) is 0 Å². The second kappa shape index (κ2) is 7.75. The molecule has 0 saturated carbocycles. The van der Waals surface area contributed by atoms with E-state index in [2.05, 4.69) is 10.5 Å². The number of nitrogens with two attached hydrogens (primary N) is 1. The van der Waals surface area contributed by atoms with Crippen LogP contribution in [0.2, 0.25) is 0 Å². The van der Waals surface area contributed by atoms with Crippen LogP contribution in [0.5, 0.6) is 0 Å². The van der Waals surface area contributed by atoms with E-state index in [1.165, 1.54) is 0 Å². The van der Waals surface area contributed by atoms with Crippen LogP contribution in [0.1, 0.15) is 26.2 Å². The Balaban J connectivity index is 2.17. The highest BCUT2D eigenvalue weighted by atomic mass is 16.6. The van der Waals surface area contributed by atoms with Gasteiger partial charge in [-0.2, -0.15) is 0 Å². The predicted molar refractivity (Wildman–Crippen MR) is 67.6 cm³/mol. The molecule has 1 amide bonds. The van der Waals surface area contributed by atoms with Gasteiger partial charge in [0, 0.05) is 32.1 Å². The molecule has 0 aromatic carbocycles. The molecular formula is C11H22N4O3. The van der Waals surface area contributed by atoms with Gasteiger partial charge in [-0.1, -0.05) is 5.16 Å². The van der Waals surface area contributed by atoms with Gasteiger partial charge >= 0.3 is 6.09 Å². The van der Waals surface area contributed by atoms with Crippen molar-refractivity contribution in [3.63, 3.8) is 0 Å². The first-order chi connectivity index (χ1) is 8.67. The number of carbonyl (C=O) groups is 1. The summed E-state index contributed by atoms with van der Waals surface area (Å²) in [7, 11) is 0. The minimum atomic E-state index is -0.229. The van der Waals surface area contributed by atoms with E-state index in [-0.39, 0.29) is 11.9 Å². The molecule has 104 valence electrons. The fraction of sp³-hybridized carbons (Fsp3) is 0.818. The van der Waals surface area contributed by atoms with Crippen molar-refractivity contribution in [2.24, 2.45) is 10.9 Å². The van der Waals surface area contributed by atoms with Gasteiger partial charge in [0.05, 0.1) is 6.61 Å². The van der Waals surface area contributed by atoms with Crippen molar-refractivity contribution >= 4 is 11.9 Å². The zero-order chi connectivity index (χ0) is 13.4. The average Bonchev–Trinajstić information content (AvgIpc) is 2.39. The van der Waals surface area contributed by atoms with Crippen LogP contribution in [0.15, 0.2) is 5.16 Å². The monoisotopic (exact) mass is 258 g/mol. The summed E-state index contributed by atoms with van der Waals surface area (Å²) in [6.07, 6.45) is 2.09. The first-order valence-corrected chi connectivity index (χ1v) is 6.28. The van der Waals surface area contributed by atoms with Crippen LogP contribution in [-0.4, -0.2) is 54.3 Å². The third-order valence-electron chi connectivity index (χ3n) is 2.96. The summed E-state index contributed by atoms with van der Waals surface area (Å²) in [6.45, 7) is 4.32. The maximum atomic E-state index is 11.5. The number of piperidine rings is 1. The summed E-state index contributed by atoms with van der Waals surface area (Å²) in [6, 6.07) is 0.377. The highest BCUT2D eigenvalue weighted by Crippen LogP contribution is 2.11. The normalized spacial score (nSPS) is 17.8. The SMILES string of the molecule is CCOC(=O)N1CCC(NCCC(N)=NO)CC1. The van der Waals surface area contributed by atoms with Gasteiger partial charge in [0.15, 0.2) is 0 Å². The molecular weight excluding hydrogens is 236 g/mol. The quantitative estimate of drug-likeness (QED) is 0.286. The molecule has 1 rings (SSSR count). The number of likely N-dealkylation sites (tertiary alicyclic amines) is 1. The molecule has 0 bridgehead atoms. The van der Waals surface area contributed by atoms with Gasteiger partial charge in [-0.3, -0.25) is 0 Å². The van der Waals surface area contributed by atoms with Crippen LogP contribution in [0, 0.1) is 0 Å². The number of nitrogens with zero attached hydrogens (tertiary/aromatic N) is 2. The minimum absolute atomic E-state index is 0.228. The lowest BCUT2D eigenvalue weighted by Gasteiger charge is -2.31. The lowest BCUT2D eigenvalue weighted by Crippen LogP contribution is -2.45. The second-order valence-electron chi connectivity index (χ2n) is 4.26. The summed E-state index contributed by atoms with van der Waals surface area (Å²) in [5.41, 5.74) is 5.37. The Hall–Kier alpha value is -1.50. The molecule has 1 aliphatic rings. The van der Waals surface area contributed by atoms with E-state index in [1.54, 1.807) is 11.8 Å². The first-order valence-electron chi connectivity index (χ1n) is 6.28. The summed E-state index contributed by atoms with van der Waals surface area (Å²) in [5, 5.41) is 14.6. The number of rotatable bonds is 5. The van der Waals surface area contributed by atoms with Gasteiger partial charge in [0.25, 0.3) is 0 Å². The van der Waals surface area contributed by atoms with Gasteiger partial charge in [-0.25, -0.2) is 4.79 Å². The molecule has 0 radical (unpaired) electrons. The number of nitrogens with one attached hydrogen (secondary N) is 1. The van der Waals surface area contributed by atoms with E-state index in [4.69, 9.17) is 15.7 Å². The molecule has 1 aliphatic heterocycles. The highest BCUT2D eigenvalue weighted by Gasteiger charge is 2.22. The van der Waals surface area contributed by atoms with Crippen molar-refractivity contribution in [2.45, 2.75) is 32.2 Å². The smallest absolute Gasteiger partial charge is 0.409 e. The fourth-order valence-electron chi connectivity index (χ4n) is 1.94. The molecule has 0 aromatic rings. The Bertz CT molecular complexity index is 288. The maximum Gasteiger partial charge on any atom is 0.409 e. The summed E-state index contributed by atoms with van der Waals surface area (Å²) in [5.74, 6) is 0.228. The van der Waals surface area contributed by atoms with Crippen LogP contribution in [0.3, 0.4) is 0 Å². The number of ether oxygens (including phenoxy) is 1. The molecule has 0 spiro atoms. The Morgan fingerprint density at radius 1 is 1.56 bits per heavy atom. The van der Waals surface area contributed by atoms with Crippen LogP contribution in [-0.2, 0) is 4.74 Å². The van der Waals surface area contributed by atoms with Crippen LogP contribution in [0.25, 0.3) is 0 Å². The minimum Gasteiger partial charge on any atom is -0.450 e. The third-order valence-corrected chi connectivity index (χ3v) is 2.96. The van der Waals surface area contributed by atoms with Gasteiger partial charge in [0.2, 0.25) is 0 Å². The molecule has 1 saturated heterocycles. The number of carbonyl (C=O) groups excluding carboxylic acids is 1. The van der Waals surface area contributed by atoms with E-state index in [0.717, 1.165) is 12.8 Å². The Kier molecular flexibility index (Phi) is 6.27. The summed E-state index contributed by atoms with van der Waals surface area (Å²) >= 11 is 0. The topological polar surface area (TPSA) is 100 Å². The molecule has 4 N–H and O–H groups in total. The molecule has 7 nitrogen and oxygen atoms in total. The number of hydrogen-bond acceptors (Lipinski definition) is 5. The van der Waals surface area contributed by atoms with Gasteiger partial charge in [-0.05, 0) is 19.8 Å². The van der Waals surface area contributed by atoms with Crippen LogP contribution in [0.4, 0.5) is 4.79 Å². The summed E-state index contributed by atoms with van der Waals surface area (Å²) < 4.78 is 4.95. The van der Waals surface area contributed by atoms with Gasteiger partial charge in [-0.15, -0.1) is 0 Å². The van der Waals surface area contributed by atoms with E-state index in [9.17, 15) is 4.79 Å². The first kappa shape index (κ1) is 14.6. The Labute approximate surface area is 107 Å². The van der Waals surface area contributed by atoms with Gasteiger partial charge in [0.1, 0.15) is 5.84 Å². The van der Waals surface area contributed by atoms with Crippen molar-refractivity contribution in [1.82, 2.24) is 10.2 Å². The Morgan fingerprint density at radius 3 is 2.78 bits per heavy atom. The largest absolute Gasteiger partial charge is 0.450 e. The zero-order valence-electron chi connectivity index (χ0n) is 10.8. The molecule has 1 heterocycles. The molecule has 0 aliphatic carbocycles.